The molecule has 6 nitrogen and oxygen atoms in total. The third-order valence-corrected chi connectivity index (χ3v) is 2.73. The summed E-state index contributed by atoms with van der Waals surface area (Å²) >= 11 is 0. The van der Waals surface area contributed by atoms with Crippen LogP contribution in [0.4, 0.5) is 4.79 Å². The van der Waals surface area contributed by atoms with Gasteiger partial charge in [0.25, 0.3) is 0 Å². The molecule has 1 heterocycles. The number of aliphatic hydroxyl groups is 1. The Morgan fingerprint density at radius 3 is 2.80 bits per heavy atom. The zero-order valence-corrected chi connectivity index (χ0v) is 11.1. The Bertz CT molecular complexity index is 539. The van der Waals surface area contributed by atoms with Crippen molar-refractivity contribution >= 4 is 6.03 Å². The van der Waals surface area contributed by atoms with Crippen LogP contribution in [0, 0.1) is 0 Å². The van der Waals surface area contributed by atoms with Crippen LogP contribution in [0.25, 0.3) is 5.69 Å². The number of carbonyl (C=O) groups excluding carboxylic acids is 1. The van der Waals surface area contributed by atoms with E-state index in [2.05, 4.69) is 15.7 Å². The average molecular weight is 274 g/mol. The number of aromatic nitrogens is 2. The molecule has 0 unspecified atom stereocenters. The van der Waals surface area contributed by atoms with E-state index in [-0.39, 0.29) is 12.6 Å². The van der Waals surface area contributed by atoms with E-state index in [1.807, 2.05) is 36.5 Å². The summed E-state index contributed by atoms with van der Waals surface area (Å²) in [5.74, 6) is 0. The van der Waals surface area contributed by atoms with Crippen molar-refractivity contribution in [1.29, 1.82) is 0 Å². The summed E-state index contributed by atoms with van der Waals surface area (Å²) in [6.45, 7) is 0.952. The summed E-state index contributed by atoms with van der Waals surface area (Å²) in [6.07, 6.45) is 4.16. The largest absolute Gasteiger partial charge is 0.396 e. The molecular weight excluding hydrogens is 256 g/mol. The molecule has 0 bridgehead atoms. The van der Waals surface area contributed by atoms with Crippen LogP contribution < -0.4 is 10.6 Å². The van der Waals surface area contributed by atoms with E-state index in [4.69, 9.17) is 5.11 Å². The molecule has 20 heavy (non-hydrogen) atoms. The number of nitrogens with zero attached hydrogens (tertiary/aromatic N) is 2. The van der Waals surface area contributed by atoms with Crippen LogP contribution >= 0.6 is 0 Å². The van der Waals surface area contributed by atoms with Gasteiger partial charge in [-0.05, 0) is 18.6 Å². The van der Waals surface area contributed by atoms with E-state index in [1.165, 1.54) is 0 Å². The van der Waals surface area contributed by atoms with Gasteiger partial charge in [0, 0.05) is 31.5 Å². The summed E-state index contributed by atoms with van der Waals surface area (Å²) in [4.78, 5) is 11.4. The van der Waals surface area contributed by atoms with E-state index in [0.717, 1.165) is 11.3 Å². The molecule has 0 aliphatic heterocycles. The van der Waals surface area contributed by atoms with Crippen LogP contribution in [0.2, 0.25) is 0 Å². The zero-order valence-electron chi connectivity index (χ0n) is 11.1. The van der Waals surface area contributed by atoms with Crippen molar-refractivity contribution in [2.24, 2.45) is 0 Å². The van der Waals surface area contributed by atoms with Crippen molar-refractivity contribution in [1.82, 2.24) is 20.4 Å². The van der Waals surface area contributed by atoms with Crippen molar-refractivity contribution < 1.29 is 9.90 Å². The highest BCUT2D eigenvalue weighted by molar-refractivity contribution is 5.73. The molecule has 0 spiro atoms. The predicted molar refractivity (Wildman–Crippen MR) is 75.5 cm³/mol. The van der Waals surface area contributed by atoms with E-state index in [1.54, 1.807) is 10.9 Å². The first-order valence-electron chi connectivity index (χ1n) is 6.51. The summed E-state index contributed by atoms with van der Waals surface area (Å²) in [7, 11) is 0. The molecule has 0 aliphatic carbocycles. The third-order valence-electron chi connectivity index (χ3n) is 2.73. The Labute approximate surface area is 117 Å². The lowest BCUT2D eigenvalue weighted by Crippen LogP contribution is -2.35. The molecule has 2 amide bonds. The number of nitrogens with one attached hydrogen (secondary N) is 2. The Morgan fingerprint density at radius 2 is 2.05 bits per heavy atom. The van der Waals surface area contributed by atoms with Gasteiger partial charge in [0.15, 0.2) is 0 Å². The quantitative estimate of drug-likeness (QED) is 0.689. The minimum absolute atomic E-state index is 0.0735. The predicted octanol–water partition coefficient (Wildman–Crippen LogP) is 1.05. The molecular formula is C14H18N4O2. The second-order valence-electron chi connectivity index (χ2n) is 4.32. The number of hydrogen-bond donors (Lipinski definition) is 3. The molecule has 1 aromatic carbocycles. The lowest BCUT2D eigenvalue weighted by Gasteiger charge is -2.05. The highest BCUT2D eigenvalue weighted by atomic mass is 16.3. The van der Waals surface area contributed by atoms with E-state index >= 15 is 0 Å². The Morgan fingerprint density at radius 1 is 1.25 bits per heavy atom. The van der Waals surface area contributed by atoms with Gasteiger partial charge in [-0.3, -0.25) is 0 Å². The normalized spacial score (nSPS) is 10.2. The van der Waals surface area contributed by atoms with Gasteiger partial charge < -0.3 is 15.7 Å². The molecule has 2 aromatic rings. The Kier molecular flexibility index (Phi) is 5.14. The average Bonchev–Trinajstić information content (AvgIpc) is 2.95. The summed E-state index contributed by atoms with van der Waals surface area (Å²) in [5.41, 5.74) is 1.90. The molecule has 1 aromatic heterocycles. The van der Waals surface area contributed by atoms with Crippen LogP contribution in [0.5, 0.6) is 0 Å². The van der Waals surface area contributed by atoms with Crippen LogP contribution in [0.1, 0.15) is 12.0 Å². The molecule has 2 rings (SSSR count). The van der Waals surface area contributed by atoms with Gasteiger partial charge in [0.1, 0.15) is 0 Å². The van der Waals surface area contributed by atoms with Crippen LogP contribution in [-0.4, -0.2) is 34.1 Å². The molecule has 0 saturated carbocycles. The van der Waals surface area contributed by atoms with Gasteiger partial charge in [0.2, 0.25) is 0 Å². The highest BCUT2D eigenvalue weighted by Crippen LogP contribution is 2.07. The standard InChI is InChI=1S/C14H18N4O2/c19-8-4-7-15-14(20)16-9-12-10-17-18(11-12)13-5-2-1-3-6-13/h1-3,5-6,10-11,19H,4,7-9H2,(H2,15,16,20). The number of urea groups is 1. The fourth-order valence-corrected chi connectivity index (χ4v) is 1.70. The number of carbonyl (C=O) groups is 1. The van der Waals surface area contributed by atoms with E-state index in [0.29, 0.717) is 19.5 Å². The Hall–Kier alpha value is -2.34. The third kappa shape index (κ3) is 4.10. The molecule has 0 radical (unpaired) electrons. The molecule has 0 saturated heterocycles. The highest BCUT2D eigenvalue weighted by Gasteiger charge is 2.03. The molecule has 0 aliphatic rings. The first-order valence-corrected chi connectivity index (χ1v) is 6.51. The van der Waals surface area contributed by atoms with Gasteiger partial charge in [-0.25, -0.2) is 9.48 Å². The van der Waals surface area contributed by atoms with Gasteiger partial charge in [-0.15, -0.1) is 0 Å². The molecule has 0 atom stereocenters. The number of benzene rings is 1. The zero-order chi connectivity index (χ0) is 14.2. The molecule has 6 heteroatoms. The second kappa shape index (κ2) is 7.30. The van der Waals surface area contributed by atoms with Crippen molar-refractivity contribution in [3.8, 4) is 5.69 Å². The molecule has 3 N–H and O–H groups in total. The minimum atomic E-state index is -0.245. The molecule has 0 fully saturated rings. The number of aliphatic hydroxyl groups excluding tert-OH is 1. The first-order chi connectivity index (χ1) is 9.79. The van der Waals surface area contributed by atoms with Crippen molar-refractivity contribution in [2.45, 2.75) is 13.0 Å². The van der Waals surface area contributed by atoms with Crippen LogP contribution in [-0.2, 0) is 6.54 Å². The van der Waals surface area contributed by atoms with Crippen molar-refractivity contribution in [2.75, 3.05) is 13.2 Å². The van der Waals surface area contributed by atoms with Crippen LogP contribution in [0.15, 0.2) is 42.7 Å². The minimum Gasteiger partial charge on any atom is -0.396 e. The van der Waals surface area contributed by atoms with Gasteiger partial charge in [-0.1, -0.05) is 18.2 Å². The number of amides is 2. The monoisotopic (exact) mass is 274 g/mol. The van der Waals surface area contributed by atoms with Gasteiger partial charge in [0.05, 0.1) is 11.9 Å². The second-order valence-corrected chi connectivity index (χ2v) is 4.32. The number of hydrogen-bond acceptors (Lipinski definition) is 3. The lowest BCUT2D eigenvalue weighted by molar-refractivity contribution is 0.238. The number of rotatable bonds is 6. The number of para-hydroxylation sites is 1. The van der Waals surface area contributed by atoms with Gasteiger partial charge in [-0.2, -0.15) is 5.10 Å². The first kappa shape index (κ1) is 14.1. The summed E-state index contributed by atoms with van der Waals surface area (Å²) in [6, 6.07) is 9.53. The fraction of sp³-hybridized carbons (Fsp3) is 0.286. The maximum atomic E-state index is 11.4. The van der Waals surface area contributed by atoms with E-state index < -0.39 is 0 Å². The summed E-state index contributed by atoms with van der Waals surface area (Å²) in [5, 5.41) is 18.3. The van der Waals surface area contributed by atoms with E-state index in [9.17, 15) is 4.79 Å². The van der Waals surface area contributed by atoms with Crippen LogP contribution in [0.3, 0.4) is 0 Å². The smallest absolute Gasteiger partial charge is 0.315 e. The summed E-state index contributed by atoms with van der Waals surface area (Å²) < 4.78 is 1.76. The van der Waals surface area contributed by atoms with Crippen molar-refractivity contribution in [3.05, 3.63) is 48.3 Å². The maximum Gasteiger partial charge on any atom is 0.315 e. The maximum absolute atomic E-state index is 11.4. The Balaban J connectivity index is 1.83. The lowest BCUT2D eigenvalue weighted by atomic mass is 10.3. The van der Waals surface area contributed by atoms with Crippen molar-refractivity contribution in [3.63, 3.8) is 0 Å². The SMILES string of the molecule is O=C(NCCCO)NCc1cnn(-c2ccccc2)c1. The molecule has 106 valence electrons. The van der Waals surface area contributed by atoms with Gasteiger partial charge >= 0.3 is 6.03 Å². The fourth-order valence-electron chi connectivity index (χ4n) is 1.70. The topological polar surface area (TPSA) is 79.2 Å².